The smallest absolute Gasteiger partial charge is 0.255 e. The second-order valence-electron chi connectivity index (χ2n) is 9.83. The van der Waals surface area contributed by atoms with Gasteiger partial charge < -0.3 is 9.80 Å². The normalized spacial score (nSPS) is 14.8. The van der Waals surface area contributed by atoms with E-state index in [9.17, 15) is 4.79 Å². The van der Waals surface area contributed by atoms with Gasteiger partial charge in [0.2, 0.25) is 0 Å². The number of carbonyl (C=O) groups excluding carboxylic acids is 1. The maximum atomic E-state index is 12.9. The summed E-state index contributed by atoms with van der Waals surface area (Å²) in [7, 11) is 4.71. The average Bonchev–Trinajstić information content (AvgIpc) is 2.81. The van der Waals surface area contributed by atoms with Crippen LogP contribution in [0.15, 0.2) is 72.8 Å². The molecular formula is C29H35N2O+. The number of rotatable bonds is 6. The van der Waals surface area contributed by atoms with Crippen LogP contribution in [0.4, 0.5) is 5.69 Å². The molecule has 3 nitrogen and oxygen atoms in total. The zero-order valence-electron chi connectivity index (χ0n) is 19.6. The van der Waals surface area contributed by atoms with Crippen LogP contribution < -0.4 is 5.32 Å². The van der Waals surface area contributed by atoms with Gasteiger partial charge in [-0.3, -0.25) is 4.79 Å². The summed E-state index contributed by atoms with van der Waals surface area (Å²) in [5, 5.41) is 3.06. The van der Waals surface area contributed by atoms with Crippen LogP contribution in [0.2, 0.25) is 0 Å². The topological polar surface area (TPSA) is 29.1 Å². The molecule has 166 valence electrons. The monoisotopic (exact) mass is 427 g/mol. The molecule has 1 aliphatic rings. The number of aryl methyl sites for hydroxylation is 1. The Morgan fingerprint density at radius 1 is 0.875 bits per heavy atom. The third-order valence-corrected chi connectivity index (χ3v) is 6.87. The molecule has 3 aromatic carbocycles. The van der Waals surface area contributed by atoms with Crippen LogP contribution in [0, 0.1) is 6.92 Å². The molecule has 0 atom stereocenters. The first-order valence-electron chi connectivity index (χ1n) is 11.8. The Hall–Kier alpha value is -2.91. The minimum atomic E-state index is -0.0787. The van der Waals surface area contributed by atoms with E-state index in [0.717, 1.165) is 33.9 Å². The number of hydrogen-bond acceptors (Lipinski definition) is 1. The van der Waals surface area contributed by atoms with E-state index in [0.29, 0.717) is 5.56 Å². The molecule has 0 unspecified atom stereocenters. The van der Waals surface area contributed by atoms with Gasteiger partial charge in [0.1, 0.15) is 6.54 Å². The number of benzene rings is 3. The van der Waals surface area contributed by atoms with Gasteiger partial charge in [0.25, 0.3) is 5.91 Å². The highest BCUT2D eigenvalue weighted by Crippen LogP contribution is 2.28. The minimum absolute atomic E-state index is 0.0787. The molecule has 1 fully saturated rings. The van der Waals surface area contributed by atoms with Gasteiger partial charge in [0, 0.05) is 16.8 Å². The Balaban J connectivity index is 1.40. The average molecular weight is 428 g/mol. The molecule has 0 aromatic heterocycles. The molecule has 4 rings (SSSR count). The molecule has 1 saturated carbocycles. The Kier molecular flexibility index (Phi) is 6.76. The fourth-order valence-electron chi connectivity index (χ4n) is 4.86. The van der Waals surface area contributed by atoms with Crippen LogP contribution in [-0.2, 0) is 6.54 Å². The number of carbonyl (C=O) groups is 1. The summed E-state index contributed by atoms with van der Waals surface area (Å²) in [5.41, 5.74) is 6.22. The highest BCUT2D eigenvalue weighted by molar-refractivity contribution is 6.04. The van der Waals surface area contributed by atoms with Crippen LogP contribution in [0.3, 0.4) is 0 Å². The predicted molar refractivity (Wildman–Crippen MR) is 134 cm³/mol. The van der Waals surface area contributed by atoms with Crippen molar-refractivity contribution in [3.63, 3.8) is 0 Å². The summed E-state index contributed by atoms with van der Waals surface area (Å²) in [4.78, 5) is 12.9. The molecule has 0 saturated heterocycles. The van der Waals surface area contributed by atoms with Crippen molar-refractivity contribution in [2.45, 2.75) is 51.6 Å². The van der Waals surface area contributed by atoms with E-state index < -0.39 is 0 Å². The molecule has 32 heavy (non-hydrogen) atoms. The zero-order valence-corrected chi connectivity index (χ0v) is 19.6. The summed E-state index contributed by atoms with van der Waals surface area (Å²) in [6, 6.07) is 25.3. The molecule has 3 aromatic rings. The van der Waals surface area contributed by atoms with Gasteiger partial charge in [-0.1, -0.05) is 60.5 Å². The molecule has 1 amide bonds. The van der Waals surface area contributed by atoms with Crippen LogP contribution in [0.5, 0.6) is 0 Å². The van der Waals surface area contributed by atoms with Crippen LogP contribution in [0.25, 0.3) is 11.1 Å². The predicted octanol–water partition coefficient (Wildman–Crippen LogP) is 6.82. The molecule has 0 aliphatic heterocycles. The van der Waals surface area contributed by atoms with Gasteiger partial charge in [0.05, 0.1) is 20.1 Å². The maximum absolute atomic E-state index is 12.9. The van der Waals surface area contributed by atoms with Gasteiger partial charge in [-0.15, -0.1) is 0 Å². The lowest BCUT2D eigenvalue weighted by atomic mass is 9.92. The summed E-state index contributed by atoms with van der Waals surface area (Å²) in [6.45, 7) is 3.10. The van der Waals surface area contributed by atoms with Gasteiger partial charge in [-0.05, 0) is 68.0 Å². The number of anilines is 1. The zero-order chi connectivity index (χ0) is 22.6. The third-order valence-electron chi connectivity index (χ3n) is 6.87. The first-order chi connectivity index (χ1) is 15.4. The number of nitrogens with zero attached hydrogens (tertiary/aromatic N) is 1. The number of quaternary nitrogens is 1. The van der Waals surface area contributed by atoms with Crippen molar-refractivity contribution >= 4 is 11.6 Å². The van der Waals surface area contributed by atoms with Gasteiger partial charge >= 0.3 is 0 Å². The molecular weight excluding hydrogens is 392 g/mol. The molecule has 0 radical (unpaired) electrons. The quantitative estimate of drug-likeness (QED) is 0.430. The van der Waals surface area contributed by atoms with Crippen molar-refractivity contribution in [3.8, 4) is 11.1 Å². The Morgan fingerprint density at radius 2 is 1.56 bits per heavy atom. The number of amides is 1. The van der Waals surface area contributed by atoms with E-state index in [1.54, 1.807) is 0 Å². The standard InChI is InChI=1S/C29H34N2O/c1-22-12-16-24(17-13-22)25-8-7-9-26(20-25)29(32)30-27-18-14-23(15-19-27)21-31(2,3)28-10-5-4-6-11-28/h7-9,12-20,28H,4-6,10-11,21H2,1-3H3/p+1. The van der Waals surface area contributed by atoms with Crippen molar-refractivity contribution in [2.24, 2.45) is 0 Å². The van der Waals surface area contributed by atoms with E-state index in [1.807, 2.05) is 36.4 Å². The van der Waals surface area contributed by atoms with Crippen molar-refractivity contribution in [1.29, 1.82) is 0 Å². The summed E-state index contributed by atoms with van der Waals surface area (Å²) in [5.74, 6) is -0.0787. The second-order valence-corrected chi connectivity index (χ2v) is 9.83. The number of nitrogens with one attached hydrogen (secondary N) is 1. The van der Waals surface area contributed by atoms with Crippen molar-refractivity contribution in [1.82, 2.24) is 0 Å². The molecule has 3 heteroatoms. The molecule has 0 spiro atoms. The van der Waals surface area contributed by atoms with Gasteiger partial charge in [-0.2, -0.15) is 0 Å². The fourth-order valence-corrected chi connectivity index (χ4v) is 4.86. The van der Waals surface area contributed by atoms with E-state index in [1.165, 1.54) is 43.2 Å². The first-order valence-corrected chi connectivity index (χ1v) is 11.8. The lowest BCUT2D eigenvalue weighted by Crippen LogP contribution is -2.48. The minimum Gasteiger partial charge on any atom is -0.322 e. The van der Waals surface area contributed by atoms with Crippen molar-refractivity contribution < 1.29 is 9.28 Å². The molecule has 0 bridgehead atoms. The summed E-state index contributed by atoms with van der Waals surface area (Å²) in [6.07, 6.45) is 6.79. The second kappa shape index (κ2) is 9.70. The summed E-state index contributed by atoms with van der Waals surface area (Å²) < 4.78 is 1.04. The Labute approximate surface area is 192 Å². The lowest BCUT2D eigenvalue weighted by molar-refractivity contribution is -0.929. The van der Waals surface area contributed by atoms with Gasteiger partial charge in [-0.25, -0.2) is 0 Å². The largest absolute Gasteiger partial charge is 0.322 e. The lowest BCUT2D eigenvalue weighted by Gasteiger charge is -2.40. The third kappa shape index (κ3) is 5.46. The van der Waals surface area contributed by atoms with E-state index >= 15 is 0 Å². The Bertz CT molecular complexity index is 1050. The molecule has 1 N–H and O–H groups in total. The Morgan fingerprint density at radius 3 is 2.25 bits per heavy atom. The van der Waals surface area contributed by atoms with E-state index in [-0.39, 0.29) is 5.91 Å². The van der Waals surface area contributed by atoms with Crippen LogP contribution in [0.1, 0.15) is 53.6 Å². The van der Waals surface area contributed by atoms with Crippen LogP contribution in [-0.4, -0.2) is 30.5 Å². The molecule has 1 aliphatic carbocycles. The maximum Gasteiger partial charge on any atom is 0.255 e. The van der Waals surface area contributed by atoms with Crippen molar-refractivity contribution in [2.75, 3.05) is 19.4 Å². The highest BCUT2D eigenvalue weighted by atomic mass is 16.1. The number of hydrogen-bond donors (Lipinski definition) is 1. The first kappa shape index (κ1) is 22.3. The molecule has 0 heterocycles. The van der Waals surface area contributed by atoms with E-state index in [2.05, 4.69) is 62.7 Å². The fraction of sp³-hybridized carbons (Fsp3) is 0.345. The van der Waals surface area contributed by atoms with Crippen LogP contribution >= 0.6 is 0 Å². The van der Waals surface area contributed by atoms with Crippen molar-refractivity contribution in [3.05, 3.63) is 89.5 Å². The highest BCUT2D eigenvalue weighted by Gasteiger charge is 2.29. The summed E-state index contributed by atoms with van der Waals surface area (Å²) >= 11 is 0. The van der Waals surface area contributed by atoms with Gasteiger partial charge in [0.15, 0.2) is 0 Å². The van der Waals surface area contributed by atoms with E-state index in [4.69, 9.17) is 0 Å². The SMILES string of the molecule is Cc1ccc(-c2cccc(C(=O)Nc3ccc(C[N+](C)(C)C4CCCCC4)cc3)c2)cc1.